The highest BCUT2D eigenvalue weighted by Crippen LogP contribution is 2.19. The molecular formula is C15H19N3O. The van der Waals surface area contributed by atoms with Crippen LogP contribution >= 0.6 is 0 Å². The molecule has 4 nitrogen and oxygen atoms in total. The predicted octanol–water partition coefficient (Wildman–Crippen LogP) is 1.37. The molecule has 1 amide bonds. The summed E-state index contributed by atoms with van der Waals surface area (Å²) in [7, 11) is 1.82. The first kappa shape index (κ1) is 13.6. The van der Waals surface area contributed by atoms with Gasteiger partial charge in [0.2, 0.25) is 5.91 Å². The van der Waals surface area contributed by atoms with Gasteiger partial charge in [0.25, 0.3) is 0 Å². The van der Waals surface area contributed by atoms with Gasteiger partial charge in [-0.05, 0) is 36.7 Å². The van der Waals surface area contributed by atoms with E-state index in [9.17, 15) is 4.79 Å². The molecule has 0 aromatic heterocycles. The van der Waals surface area contributed by atoms with Crippen LogP contribution in [0.5, 0.6) is 0 Å². The van der Waals surface area contributed by atoms with E-state index in [0.717, 1.165) is 18.7 Å². The van der Waals surface area contributed by atoms with E-state index in [1.807, 2.05) is 32.2 Å². The van der Waals surface area contributed by atoms with Crippen molar-refractivity contribution in [3.8, 4) is 6.07 Å². The summed E-state index contributed by atoms with van der Waals surface area (Å²) in [4.78, 5) is 14.0. The average molecular weight is 257 g/mol. The third-order valence-corrected chi connectivity index (χ3v) is 3.76. The lowest BCUT2D eigenvalue weighted by Gasteiger charge is -2.34. The van der Waals surface area contributed by atoms with E-state index in [2.05, 4.69) is 11.4 Å². The van der Waals surface area contributed by atoms with Crippen LogP contribution < -0.4 is 5.32 Å². The van der Waals surface area contributed by atoms with Gasteiger partial charge < -0.3 is 10.2 Å². The van der Waals surface area contributed by atoms with Crippen molar-refractivity contribution in [2.24, 2.45) is 11.8 Å². The second kappa shape index (κ2) is 5.85. The standard InChI is InChI=1S/C15H19N3O/c1-11(14-8-17-9-14)15(19)18(2)10-13-5-3-4-12(6-13)7-16/h3-6,11,14,17H,8-10H2,1-2H3. The van der Waals surface area contributed by atoms with Crippen LogP contribution in [0.3, 0.4) is 0 Å². The largest absolute Gasteiger partial charge is 0.341 e. The average Bonchev–Trinajstić information content (AvgIpc) is 2.35. The Morgan fingerprint density at radius 3 is 2.89 bits per heavy atom. The molecule has 1 aliphatic rings. The highest BCUT2D eigenvalue weighted by Gasteiger charge is 2.30. The van der Waals surface area contributed by atoms with Gasteiger partial charge >= 0.3 is 0 Å². The fourth-order valence-electron chi connectivity index (χ4n) is 2.30. The first-order chi connectivity index (χ1) is 9.11. The molecule has 1 aromatic carbocycles. The molecule has 0 radical (unpaired) electrons. The summed E-state index contributed by atoms with van der Waals surface area (Å²) in [5, 5.41) is 12.1. The van der Waals surface area contributed by atoms with Crippen molar-refractivity contribution in [3.63, 3.8) is 0 Å². The molecular weight excluding hydrogens is 238 g/mol. The third kappa shape index (κ3) is 3.12. The zero-order valence-electron chi connectivity index (χ0n) is 11.4. The minimum absolute atomic E-state index is 0.0606. The predicted molar refractivity (Wildman–Crippen MR) is 73.2 cm³/mol. The smallest absolute Gasteiger partial charge is 0.225 e. The number of carbonyl (C=O) groups excluding carboxylic acids is 1. The third-order valence-electron chi connectivity index (χ3n) is 3.76. The van der Waals surface area contributed by atoms with Crippen molar-refractivity contribution < 1.29 is 4.79 Å². The van der Waals surface area contributed by atoms with Crippen LogP contribution in [0.1, 0.15) is 18.1 Å². The van der Waals surface area contributed by atoms with Gasteiger partial charge in [-0.15, -0.1) is 0 Å². The molecule has 1 aromatic rings. The lowest BCUT2D eigenvalue weighted by Crippen LogP contribution is -2.49. The van der Waals surface area contributed by atoms with Crippen LogP contribution in [0.2, 0.25) is 0 Å². The van der Waals surface area contributed by atoms with Gasteiger partial charge in [-0.1, -0.05) is 19.1 Å². The summed E-state index contributed by atoms with van der Waals surface area (Å²) in [6, 6.07) is 9.52. The number of nitrogens with one attached hydrogen (secondary N) is 1. The monoisotopic (exact) mass is 257 g/mol. The molecule has 1 unspecified atom stereocenters. The van der Waals surface area contributed by atoms with Gasteiger partial charge in [0, 0.05) is 19.5 Å². The second-order valence-electron chi connectivity index (χ2n) is 5.21. The van der Waals surface area contributed by atoms with Gasteiger partial charge in [-0.25, -0.2) is 0 Å². The quantitative estimate of drug-likeness (QED) is 0.886. The Hall–Kier alpha value is -1.86. The van der Waals surface area contributed by atoms with Gasteiger partial charge in [0.15, 0.2) is 0 Å². The molecule has 100 valence electrons. The molecule has 0 bridgehead atoms. The summed E-state index contributed by atoms with van der Waals surface area (Å²) in [6.45, 7) is 4.42. The van der Waals surface area contributed by atoms with Crippen LogP contribution in [0.4, 0.5) is 0 Å². The summed E-state index contributed by atoms with van der Waals surface area (Å²) in [5.74, 6) is 0.694. The van der Waals surface area contributed by atoms with Crippen LogP contribution in [0.15, 0.2) is 24.3 Å². The van der Waals surface area contributed by atoms with E-state index >= 15 is 0 Å². The van der Waals surface area contributed by atoms with Gasteiger partial charge in [-0.2, -0.15) is 5.26 Å². The molecule has 19 heavy (non-hydrogen) atoms. The minimum atomic E-state index is 0.0606. The molecule has 1 saturated heterocycles. The van der Waals surface area contributed by atoms with E-state index < -0.39 is 0 Å². The number of hydrogen-bond acceptors (Lipinski definition) is 3. The molecule has 0 aliphatic carbocycles. The Kier molecular flexibility index (Phi) is 4.18. The maximum absolute atomic E-state index is 12.3. The first-order valence-corrected chi connectivity index (χ1v) is 6.56. The Bertz CT molecular complexity index is 502. The molecule has 2 rings (SSSR count). The number of carbonyl (C=O) groups is 1. The van der Waals surface area contributed by atoms with E-state index in [0.29, 0.717) is 18.0 Å². The lowest BCUT2D eigenvalue weighted by atomic mass is 9.88. The summed E-state index contributed by atoms with van der Waals surface area (Å²) in [5.41, 5.74) is 1.63. The maximum Gasteiger partial charge on any atom is 0.225 e. The van der Waals surface area contributed by atoms with Gasteiger partial charge in [0.05, 0.1) is 11.6 Å². The normalized spacial score (nSPS) is 16.3. The van der Waals surface area contributed by atoms with Crippen LogP contribution in [0.25, 0.3) is 0 Å². The van der Waals surface area contributed by atoms with Crippen molar-refractivity contribution in [2.45, 2.75) is 13.5 Å². The Morgan fingerprint density at radius 1 is 1.58 bits per heavy atom. The van der Waals surface area contributed by atoms with Crippen molar-refractivity contribution in [1.29, 1.82) is 5.26 Å². The fourth-order valence-corrected chi connectivity index (χ4v) is 2.30. The summed E-state index contributed by atoms with van der Waals surface area (Å²) < 4.78 is 0. The van der Waals surface area contributed by atoms with Crippen molar-refractivity contribution in [2.75, 3.05) is 20.1 Å². The topological polar surface area (TPSA) is 56.1 Å². The maximum atomic E-state index is 12.3. The second-order valence-corrected chi connectivity index (χ2v) is 5.21. The van der Waals surface area contributed by atoms with E-state index in [-0.39, 0.29) is 11.8 Å². The Labute approximate surface area is 114 Å². The number of rotatable bonds is 4. The molecule has 0 spiro atoms. The Balaban J connectivity index is 1.97. The first-order valence-electron chi connectivity index (χ1n) is 6.56. The minimum Gasteiger partial charge on any atom is -0.341 e. The zero-order chi connectivity index (χ0) is 13.8. The number of nitrogens with zero attached hydrogens (tertiary/aromatic N) is 2. The number of amides is 1. The van der Waals surface area contributed by atoms with Gasteiger partial charge in [0.1, 0.15) is 0 Å². The van der Waals surface area contributed by atoms with E-state index in [1.54, 1.807) is 11.0 Å². The number of nitriles is 1. The zero-order valence-corrected chi connectivity index (χ0v) is 11.4. The van der Waals surface area contributed by atoms with Crippen molar-refractivity contribution in [1.82, 2.24) is 10.2 Å². The fraction of sp³-hybridized carbons (Fsp3) is 0.467. The SMILES string of the molecule is CC(C(=O)N(C)Cc1cccc(C#N)c1)C1CNC1. The molecule has 1 N–H and O–H groups in total. The van der Waals surface area contributed by atoms with Crippen LogP contribution in [-0.2, 0) is 11.3 Å². The van der Waals surface area contributed by atoms with E-state index in [4.69, 9.17) is 5.26 Å². The summed E-state index contributed by atoms with van der Waals surface area (Å²) in [6.07, 6.45) is 0. The van der Waals surface area contributed by atoms with Crippen LogP contribution in [0, 0.1) is 23.2 Å². The highest BCUT2D eigenvalue weighted by molar-refractivity contribution is 5.78. The molecule has 4 heteroatoms. The Morgan fingerprint density at radius 2 is 2.32 bits per heavy atom. The van der Waals surface area contributed by atoms with Gasteiger partial charge in [-0.3, -0.25) is 4.79 Å². The molecule has 1 atom stereocenters. The molecule has 1 fully saturated rings. The highest BCUT2D eigenvalue weighted by atomic mass is 16.2. The number of benzene rings is 1. The molecule has 0 saturated carbocycles. The molecule has 1 aliphatic heterocycles. The lowest BCUT2D eigenvalue weighted by molar-refractivity contribution is -0.136. The summed E-state index contributed by atoms with van der Waals surface area (Å²) >= 11 is 0. The number of hydrogen-bond donors (Lipinski definition) is 1. The molecule has 1 heterocycles. The van der Waals surface area contributed by atoms with E-state index in [1.165, 1.54) is 0 Å². The van der Waals surface area contributed by atoms with Crippen molar-refractivity contribution in [3.05, 3.63) is 35.4 Å². The van der Waals surface area contributed by atoms with Crippen molar-refractivity contribution >= 4 is 5.91 Å². The van der Waals surface area contributed by atoms with Crippen LogP contribution in [-0.4, -0.2) is 30.9 Å².